The first-order chi connectivity index (χ1) is 12.6. The first-order valence-corrected chi connectivity index (χ1v) is 13.9. The zero-order valence-electron chi connectivity index (χ0n) is 17.1. The summed E-state index contributed by atoms with van der Waals surface area (Å²) in [6.07, 6.45) is 3.63. The molecular formula is C16H40N2O7PSi+. The van der Waals surface area contributed by atoms with E-state index in [-0.39, 0.29) is 31.9 Å². The highest BCUT2D eigenvalue weighted by atomic mass is 31.2. The number of phosphoric ester groups is 1. The Bertz CT molecular complexity index is 412. The van der Waals surface area contributed by atoms with Crippen LogP contribution in [0.3, 0.4) is 0 Å². The second-order valence-electron chi connectivity index (χ2n) is 8.04. The maximum Gasteiger partial charge on any atom is 0.472 e. The molecule has 0 saturated carbocycles. The summed E-state index contributed by atoms with van der Waals surface area (Å²) >= 11 is 0. The molecule has 1 atom stereocenters. The summed E-state index contributed by atoms with van der Waals surface area (Å²) in [6, 6.07) is 0.734. The summed E-state index contributed by atoms with van der Waals surface area (Å²) in [7, 11) is -0.333. The molecular weight excluding hydrogens is 391 g/mol. The van der Waals surface area contributed by atoms with Crippen LogP contribution >= 0.6 is 7.82 Å². The molecule has 5 N–H and O–H groups in total. The predicted octanol–water partition coefficient (Wildman–Crippen LogP) is 0.0195. The lowest BCUT2D eigenvalue weighted by atomic mass is 10.2. The fourth-order valence-corrected chi connectivity index (χ4v) is 4.80. The molecule has 0 aliphatic carbocycles. The van der Waals surface area contributed by atoms with Gasteiger partial charge in [-0.25, -0.2) is 4.57 Å². The lowest BCUT2D eigenvalue weighted by Gasteiger charge is -2.24. The van der Waals surface area contributed by atoms with Gasteiger partial charge in [-0.3, -0.25) is 9.05 Å². The van der Waals surface area contributed by atoms with Crippen molar-refractivity contribution in [1.29, 1.82) is 0 Å². The SMILES string of the molecule is C[N+](C)(C)CCOP(=O)(O)OCCNCCCCCC[Si](CO)(CO)CO. The van der Waals surface area contributed by atoms with E-state index < -0.39 is 15.9 Å². The van der Waals surface area contributed by atoms with Gasteiger partial charge in [0, 0.05) is 25.2 Å². The van der Waals surface area contributed by atoms with Gasteiger partial charge in [0.05, 0.1) is 27.7 Å². The third kappa shape index (κ3) is 14.7. The van der Waals surface area contributed by atoms with Crippen molar-refractivity contribution in [3.05, 3.63) is 0 Å². The molecule has 0 spiro atoms. The van der Waals surface area contributed by atoms with E-state index >= 15 is 0 Å². The molecule has 11 heteroatoms. The van der Waals surface area contributed by atoms with Gasteiger partial charge in [-0.2, -0.15) is 0 Å². The van der Waals surface area contributed by atoms with Crippen molar-refractivity contribution in [3.63, 3.8) is 0 Å². The maximum absolute atomic E-state index is 11.7. The summed E-state index contributed by atoms with van der Waals surface area (Å²) in [5.41, 5.74) is 0. The Morgan fingerprint density at radius 1 is 0.889 bits per heavy atom. The molecule has 27 heavy (non-hydrogen) atoms. The van der Waals surface area contributed by atoms with Crippen LogP contribution in [0.15, 0.2) is 0 Å². The first kappa shape index (κ1) is 27.1. The summed E-state index contributed by atoms with van der Waals surface area (Å²) in [5, 5.41) is 31.1. The number of hydrogen-bond acceptors (Lipinski definition) is 7. The third-order valence-corrected chi connectivity index (χ3v) is 8.81. The van der Waals surface area contributed by atoms with Gasteiger partial charge in [0.25, 0.3) is 0 Å². The van der Waals surface area contributed by atoms with Crippen LogP contribution in [0, 0.1) is 0 Å². The van der Waals surface area contributed by atoms with Gasteiger partial charge in [-0.05, 0) is 13.0 Å². The monoisotopic (exact) mass is 431 g/mol. The summed E-state index contributed by atoms with van der Waals surface area (Å²) in [4.78, 5) is 9.56. The minimum absolute atomic E-state index is 0.0741. The van der Waals surface area contributed by atoms with Crippen LogP contribution in [0.4, 0.5) is 0 Å². The Morgan fingerprint density at radius 3 is 2.00 bits per heavy atom. The molecule has 0 aliphatic heterocycles. The molecule has 1 unspecified atom stereocenters. The Hall–Kier alpha value is 0.127. The number of rotatable bonds is 18. The third-order valence-electron chi connectivity index (χ3n) is 4.37. The van der Waals surface area contributed by atoms with Crippen molar-refractivity contribution in [2.75, 3.05) is 72.7 Å². The van der Waals surface area contributed by atoms with Crippen molar-refractivity contribution in [3.8, 4) is 0 Å². The zero-order chi connectivity index (χ0) is 20.8. The highest BCUT2D eigenvalue weighted by Crippen LogP contribution is 2.42. The van der Waals surface area contributed by atoms with Crippen LogP contribution in [0.5, 0.6) is 0 Å². The molecule has 0 aromatic heterocycles. The first-order valence-electron chi connectivity index (χ1n) is 9.55. The highest BCUT2D eigenvalue weighted by molar-refractivity contribution is 7.47. The minimum Gasteiger partial charge on any atom is -0.399 e. The molecule has 164 valence electrons. The van der Waals surface area contributed by atoms with E-state index in [1.807, 2.05) is 21.1 Å². The quantitative estimate of drug-likeness (QED) is 0.0889. The lowest BCUT2D eigenvalue weighted by molar-refractivity contribution is -0.870. The average molecular weight is 432 g/mol. The molecule has 0 aliphatic rings. The van der Waals surface area contributed by atoms with Crippen LogP contribution in [0.25, 0.3) is 0 Å². The van der Waals surface area contributed by atoms with E-state index in [2.05, 4.69) is 5.32 Å². The summed E-state index contributed by atoms with van der Waals surface area (Å²) in [5.74, 6) is 0. The number of phosphoric acid groups is 1. The minimum atomic E-state index is -3.98. The lowest BCUT2D eigenvalue weighted by Crippen LogP contribution is -2.48. The summed E-state index contributed by atoms with van der Waals surface area (Å²) in [6.45, 7) is 2.14. The fourth-order valence-electron chi connectivity index (χ4n) is 2.32. The number of quaternary nitrogens is 1. The molecule has 0 fully saturated rings. The molecule has 0 radical (unpaired) electrons. The molecule has 0 aromatic carbocycles. The molecule has 9 nitrogen and oxygen atoms in total. The van der Waals surface area contributed by atoms with Crippen LogP contribution in [0.2, 0.25) is 6.04 Å². The van der Waals surface area contributed by atoms with Crippen LogP contribution in [0.1, 0.15) is 25.7 Å². The number of hydrogen-bond donors (Lipinski definition) is 5. The van der Waals surface area contributed by atoms with Crippen LogP contribution in [-0.4, -0.2) is 105 Å². The second kappa shape index (κ2) is 14.2. The smallest absolute Gasteiger partial charge is 0.399 e. The number of unbranched alkanes of at least 4 members (excludes halogenated alkanes) is 3. The van der Waals surface area contributed by atoms with E-state index in [1.54, 1.807) is 0 Å². The van der Waals surface area contributed by atoms with Gasteiger partial charge in [-0.1, -0.05) is 25.3 Å². The number of nitrogens with one attached hydrogen (secondary N) is 1. The largest absolute Gasteiger partial charge is 0.472 e. The number of likely N-dealkylation sites (N-methyl/N-ethyl adjacent to an activating group) is 1. The Morgan fingerprint density at radius 2 is 1.44 bits per heavy atom. The topological polar surface area (TPSA) is 128 Å². The maximum atomic E-state index is 11.7. The predicted molar refractivity (Wildman–Crippen MR) is 108 cm³/mol. The standard InChI is InChI=1S/C16H39N2O7PSi/c1-18(2,3)10-12-25-26(22,23)24-11-9-17-8-6-4-5-7-13-27(14-19,15-20)16-21/h17,19-21H,4-16H2,1-3H3/p+1. The second-order valence-corrected chi connectivity index (χ2v) is 13.9. The van der Waals surface area contributed by atoms with Crippen molar-refractivity contribution in [2.45, 2.75) is 31.7 Å². The molecule has 0 amide bonds. The van der Waals surface area contributed by atoms with Crippen molar-refractivity contribution in [1.82, 2.24) is 5.32 Å². The molecule has 0 bridgehead atoms. The average Bonchev–Trinajstić information content (AvgIpc) is 2.59. The van der Waals surface area contributed by atoms with E-state index in [4.69, 9.17) is 9.05 Å². The van der Waals surface area contributed by atoms with E-state index in [1.165, 1.54) is 0 Å². The number of aliphatic hydroxyl groups is 3. The zero-order valence-corrected chi connectivity index (χ0v) is 19.0. The van der Waals surface area contributed by atoms with Gasteiger partial charge in [-0.15, -0.1) is 0 Å². The van der Waals surface area contributed by atoms with Crippen molar-refractivity contribution in [2.24, 2.45) is 0 Å². The van der Waals surface area contributed by atoms with Crippen LogP contribution < -0.4 is 5.32 Å². The number of aliphatic hydroxyl groups excluding tert-OH is 3. The Balaban J connectivity index is 3.60. The molecule has 0 heterocycles. The van der Waals surface area contributed by atoms with Crippen LogP contribution in [-0.2, 0) is 13.6 Å². The van der Waals surface area contributed by atoms with E-state index in [0.717, 1.165) is 38.3 Å². The van der Waals surface area contributed by atoms with Crippen molar-refractivity contribution >= 4 is 15.9 Å². The molecule has 0 saturated heterocycles. The fraction of sp³-hybridized carbons (Fsp3) is 1.00. The van der Waals surface area contributed by atoms with E-state index in [9.17, 15) is 24.8 Å². The number of nitrogens with zero attached hydrogens (tertiary/aromatic N) is 1. The van der Waals surface area contributed by atoms with Crippen molar-refractivity contribution < 1.29 is 38.3 Å². The Kier molecular flexibility index (Phi) is 14.2. The van der Waals surface area contributed by atoms with Gasteiger partial charge in [0.1, 0.15) is 21.2 Å². The Labute approximate surface area is 164 Å². The van der Waals surface area contributed by atoms with Gasteiger partial charge >= 0.3 is 7.82 Å². The molecule has 0 rings (SSSR count). The van der Waals surface area contributed by atoms with E-state index in [0.29, 0.717) is 17.6 Å². The normalized spacial score (nSPS) is 15.1. The van der Waals surface area contributed by atoms with Gasteiger partial charge < -0.3 is 30.0 Å². The summed E-state index contributed by atoms with van der Waals surface area (Å²) < 4.78 is 22.2. The molecule has 0 aromatic rings. The van der Waals surface area contributed by atoms with Gasteiger partial charge in [0.15, 0.2) is 0 Å². The van der Waals surface area contributed by atoms with Gasteiger partial charge in [0.2, 0.25) is 0 Å². The highest BCUT2D eigenvalue weighted by Gasteiger charge is 2.30.